The summed E-state index contributed by atoms with van der Waals surface area (Å²) in [6, 6.07) is 13.3. The largest absolute Gasteiger partial charge is 0.492 e. The monoisotopic (exact) mass is 559 g/mol. The summed E-state index contributed by atoms with van der Waals surface area (Å²) in [5.74, 6) is -0.501. The number of esters is 1. The number of halogens is 3. The third kappa shape index (κ3) is 6.22. The van der Waals surface area contributed by atoms with Crippen molar-refractivity contribution in [3.63, 3.8) is 0 Å². The molecule has 10 heteroatoms. The molecule has 216 valence electrons. The van der Waals surface area contributed by atoms with Crippen molar-refractivity contribution >= 4 is 17.6 Å². The fraction of sp³-hybridized carbons (Fsp3) is 0.533. The topological polar surface area (TPSA) is 62.3 Å². The van der Waals surface area contributed by atoms with Crippen LogP contribution in [-0.4, -0.2) is 80.2 Å². The fourth-order valence-electron chi connectivity index (χ4n) is 6.22. The van der Waals surface area contributed by atoms with Crippen LogP contribution in [0, 0.1) is 11.8 Å². The summed E-state index contributed by atoms with van der Waals surface area (Å²) >= 11 is 0. The molecule has 3 atom stereocenters. The molecule has 0 saturated carbocycles. The number of rotatable bonds is 7. The minimum absolute atomic E-state index is 0.102. The number of anilines is 1. The Hall–Kier alpha value is -3.27. The second kappa shape index (κ2) is 12.1. The summed E-state index contributed by atoms with van der Waals surface area (Å²) in [5.41, 5.74) is 0.613. The van der Waals surface area contributed by atoms with Gasteiger partial charge < -0.3 is 19.3 Å². The number of para-hydroxylation sites is 1. The lowest BCUT2D eigenvalue weighted by Gasteiger charge is -2.50. The predicted molar refractivity (Wildman–Crippen MR) is 144 cm³/mol. The molecule has 2 aromatic rings. The summed E-state index contributed by atoms with van der Waals surface area (Å²) in [5, 5.41) is 0. The Bertz CT molecular complexity index is 1190. The van der Waals surface area contributed by atoms with Crippen LogP contribution in [0.15, 0.2) is 48.5 Å². The Morgan fingerprint density at radius 2 is 1.82 bits per heavy atom. The van der Waals surface area contributed by atoms with Crippen LogP contribution in [-0.2, 0) is 26.9 Å². The van der Waals surface area contributed by atoms with Gasteiger partial charge in [-0.25, -0.2) is 0 Å². The Balaban J connectivity index is 1.35. The van der Waals surface area contributed by atoms with E-state index in [1.54, 1.807) is 17.9 Å². The predicted octanol–water partition coefficient (Wildman–Crippen LogP) is 4.25. The van der Waals surface area contributed by atoms with Crippen LogP contribution >= 0.6 is 0 Å². The molecule has 7 nitrogen and oxygen atoms in total. The third-order valence-corrected chi connectivity index (χ3v) is 8.21. The van der Waals surface area contributed by atoms with E-state index in [0.717, 1.165) is 17.5 Å². The summed E-state index contributed by atoms with van der Waals surface area (Å²) in [6.07, 6.45) is -2.87. The molecule has 0 aliphatic carbocycles. The van der Waals surface area contributed by atoms with E-state index in [2.05, 4.69) is 9.80 Å². The number of alkyl halides is 3. The molecule has 0 aromatic heterocycles. The molecule has 3 aliphatic rings. The van der Waals surface area contributed by atoms with Gasteiger partial charge in [0.15, 0.2) is 0 Å². The first-order chi connectivity index (χ1) is 19.2. The number of piperidine rings is 1. The minimum atomic E-state index is -4.46. The van der Waals surface area contributed by atoms with Crippen LogP contribution in [0.3, 0.4) is 0 Å². The molecule has 3 heterocycles. The number of carbonyl (C=O) groups is 2. The Kier molecular flexibility index (Phi) is 8.54. The molecule has 2 aromatic carbocycles. The van der Waals surface area contributed by atoms with Crippen LogP contribution in [0.4, 0.5) is 18.9 Å². The van der Waals surface area contributed by atoms with Crippen molar-refractivity contribution in [2.75, 3.05) is 57.4 Å². The molecule has 40 heavy (non-hydrogen) atoms. The molecule has 0 unspecified atom stereocenters. The number of nitrogens with zero attached hydrogens (tertiary/aromatic N) is 3. The average molecular weight is 560 g/mol. The van der Waals surface area contributed by atoms with Gasteiger partial charge in [0.05, 0.1) is 30.0 Å². The Morgan fingerprint density at radius 3 is 2.58 bits per heavy atom. The number of benzene rings is 2. The lowest BCUT2D eigenvalue weighted by atomic mass is 9.82. The van der Waals surface area contributed by atoms with Gasteiger partial charge in [-0.15, -0.1) is 0 Å². The first-order valence-corrected chi connectivity index (χ1v) is 14.1. The van der Waals surface area contributed by atoms with Crippen LogP contribution in [0.2, 0.25) is 0 Å². The van der Waals surface area contributed by atoms with Gasteiger partial charge in [-0.1, -0.05) is 18.2 Å². The Morgan fingerprint density at radius 1 is 1.02 bits per heavy atom. The number of hydrogen-bond donors (Lipinski definition) is 0. The average Bonchev–Trinajstić information content (AvgIpc) is 2.96. The van der Waals surface area contributed by atoms with Crippen LogP contribution in [0.25, 0.3) is 0 Å². The van der Waals surface area contributed by atoms with Crippen molar-refractivity contribution < 1.29 is 32.2 Å². The molecule has 0 radical (unpaired) electrons. The highest BCUT2D eigenvalue weighted by Crippen LogP contribution is 2.40. The first kappa shape index (κ1) is 28.3. The van der Waals surface area contributed by atoms with E-state index in [4.69, 9.17) is 9.47 Å². The standard InChI is InChI=1S/C30H36F3N3O4/c1-2-39-29(38)21-7-6-12-35(19-21)28(37)25-18-22-17-23(30(31,32)33)10-11-26(22)36-14-13-34(20-27(25)36)15-16-40-24-8-4-3-5-9-24/h3-5,8-11,17,21,25,27H,2,6-7,12-16,18-20H2,1H3/t21-,25-,27+/m1/s1. The SMILES string of the molecule is CCOC(=O)[C@@H]1CCCN(C(=O)[C@@H]2Cc3cc(C(F)(F)F)ccc3N3CCN(CCOc4ccccc4)C[C@@H]23)C1. The number of ether oxygens (including phenoxy) is 2. The van der Waals surface area contributed by atoms with Crippen LogP contribution < -0.4 is 9.64 Å². The molecule has 1 amide bonds. The van der Waals surface area contributed by atoms with E-state index in [0.29, 0.717) is 57.7 Å². The number of amides is 1. The molecular weight excluding hydrogens is 523 g/mol. The zero-order valence-electron chi connectivity index (χ0n) is 22.7. The van der Waals surface area contributed by atoms with Crippen molar-refractivity contribution in [1.82, 2.24) is 9.80 Å². The highest BCUT2D eigenvalue weighted by molar-refractivity contribution is 5.83. The summed E-state index contributed by atoms with van der Waals surface area (Å²) < 4.78 is 51.8. The number of fused-ring (bicyclic) bond motifs is 3. The normalized spacial score (nSPS) is 23.2. The van der Waals surface area contributed by atoms with Crippen molar-refractivity contribution in [3.8, 4) is 5.75 Å². The van der Waals surface area contributed by atoms with E-state index in [-0.39, 0.29) is 43.4 Å². The van der Waals surface area contributed by atoms with E-state index < -0.39 is 17.7 Å². The quantitative estimate of drug-likeness (QED) is 0.473. The van der Waals surface area contributed by atoms with E-state index >= 15 is 0 Å². The molecule has 0 spiro atoms. The Labute approximate surface area is 232 Å². The molecule has 2 fully saturated rings. The summed E-state index contributed by atoms with van der Waals surface area (Å²) in [4.78, 5) is 32.5. The van der Waals surface area contributed by atoms with Gasteiger partial charge in [0.25, 0.3) is 0 Å². The van der Waals surface area contributed by atoms with Crippen molar-refractivity contribution in [2.45, 2.75) is 38.4 Å². The lowest BCUT2D eigenvalue weighted by Crippen LogP contribution is -2.62. The second-order valence-corrected chi connectivity index (χ2v) is 10.8. The van der Waals surface area contributed by atoms with Gasteiger partial charge in [0, 0.05) is 45.0 Å². The van der Waals surface area contributed by atoms with Gasteiger partial charge in [0.1, 0.15) is 12.4 Å². The molecular formula is C30H36F3N3O4. The highest BCUT2D eigenvalue weighted by Gasteiger charge is 2.44. The maximum absolute atomic E-state index is 14.0. The van der Waals surface area contributed by atoms with Crippen molar-refractivity contribution in [2.24, 2.45) is 11.8 Å². The van der Waals surface area contributed by atoms with Crippen molar-refractivity contribution in [3.05, 3.63) is 59.7 Å². The molecule has 0 N–H and O–H groups in total. The first-order valence-electron chi connectivity index (χ1n) is 14.1. The van der Waals surface area contributed by atoms with Crippen LogP contribution in [0.1, 0.15) is 30.9 Å². The molecule has 5 rings (SSSR count). The van der Waals surface area contributed by atoms with E-state index in [1.807, 2.05) is 30.3 Å². The molecule has 2 saturated heterocycles. The number of carbonyl (C=O) groups excluding carboxylic acids is 2. The number of piperazine rings is 1. The second-order valence-electron chi connectivity index (χ2n) is 10.8. The van der Waals surface area contributed by atoms with Gasteiger partial charge >= 0.3 is 12.1 Å². The van der Waals surface area contributed by atoms with Gasteiger partial charge in [0.2, 0.25) is 5.91 Å². The maximum Gasteiger partial charge on any atom is 0.416 e. The van der Waals surface area contributed by atoms with Gasteiger partial charge in [-0.3, -0.25) is 14.5 Å². The van der Waals surface area contributed by atoms with Gasteiger partial charge in [-0.05, 0) is 62.1 Å². The van der Waals surface area contributed by atoms with E-state index in [1.165, 1.54) is 6.07 Å². The van der Waals surface area contributed by atoms with Crippen LogP contribution in [0.5, 0.6) is 5.75 Å². The van der Waals surface area contributed by atoms with E-state index in [9.17, 15) is 22.8 Å². The molecule has 0 bridgehead atoms. The van der Waals surface area contributed by atoms with Gasteiger partial charge in [-0.2, -0.15) is 13.2 Å². The smallest absolute Gasteiger partial charge is 0.416 e. The van der Waals surface area contributed by atoms with Crippen molar-refractivity contribution in [1.29, 1.82) is 0 Å². The zero-order chi connectivity index (χ0) is 28.3. The zero-order valence-corrected chi connectivity index (χ0v) is 22.7. The maximum atomic E-state index is 14.0. The lowest BCUT2D eigenvalue weighted by molar-refractivity contribution is -0.152. The minimum Gasteiger partial charge on any atom is -0.492 e. The fourth-order valence-corrected chi connectivity index (χ4v) is 6.22. The summed E-state index contributed by atoms with van der Waals surface area (Å²) in [7, 11) is 0. The number of likely N-dealkylation sites (tertiary alicyclic amines) is 1. The summed E-state index contributed by atoms with van der Waals surface area (Å²) in [6.45, 7) is 5.94. The number of hydrogen-bond acceptors (Lipinski definition) is 6. The highest BCUT2D eigenvalue weighted by atomic mass is 19.4. The third-order valence-electron chi connectivity index (χ3n) is 8.21. The molecule has 3 aliphatic heterocycles.